The number of carbonyl (C=O) groups excluding carboxylic acids is 1. The van der Waals surface area contributed by atoms with E-state index in [0.717, 1.165) is 18.4 Å². The molecule has 114 valence electrons. The Bertz CT molecular complexity index is 712. The molecule has 0 unspecified atom stereocenters. The van der Waals surface area contributed by atoms with Gasteiger partial charge in [-0.2, -0.15) is 0 Å². The Balaban J connectivity index is 1.76. The molecule has 0 aliphatic heterocycles. The third kappa shape index (κ3) is 3.06. The summed E-state index contributed by atoms with van der Waals surface area (Å²) in [6.07, 6.45) is 3.35. The van der Waals surface area contributed by atoms with Crippen LogP contribution in [0.4, 0.5) is 11.6 Å². The van der Waals surface area contributed by atoms with E-state index in [1.54, 1.807) is 0 Å². The van der Waals surface area contributed by atoms with Gasteiger partial charge in [0, 0.05) is 11.6 Å². The van der Waals surface area contributed by atoms with E-state index in [4.69, 9.17) is 11.5 Å². The first-order valence-corrected chi connectivity index (χ1v) is 8.13. The first-order valence-electron chi connectivity index (χ1n) is 7.25. The molecule has 1 heterocycles. The fraction of sp³-hybridized carbons (Fsp3) is 0.312. The van der Waals surface area contributed by atoms with Crippen molar-refractivity contribution in [3.63, 3.8) is 0 Å². The van der Waals surface area contributed by atoms with Gasteiger partial charge >= 0.3 is 0 Å². The molecule has 6 heteroatoms. The number of nitrogens with zero attached hydrogens (tertiary/aromatic N) is 2. The van der Waals surface area contributed by atoms with Crippen molar-refractivity contribution in [3.05, 3.63) is 41.0 Å². The van der Waals surface area contributed by atoms with Crippen molar-refractivity contribution in [1.82, 2.24) is 9.97 Å². The maximum atomic E-state index is 12.6. The Morgan fingerprint density at radius 3 is 2.55 bits per heavy atom. The second-order valence-corrected chi connectivity index (χ2v) is 6.77. The predicted molar refractivity (Wildman–Crippen MR) is 89.0 cm³/mol. The van der Waals surface area contributed by atoms with Crippen LogP contribution in [-0.4, -0.2) is 21.0 Å². The predicted octanol–water partition coefficient (Wildman–Crippen LogP) is 2.49. The molecule has 1 aliphatic rings. The minimum absolute atomic E-state index is 0.0734. The Kier molecular flexibility index (Phi) is 4.02. The lowest BCUT2D eigenvalue weighted by molar-refractivity contribution is 0.0994. The highest BCUT2D eigenvalue weighted by molar-refractivity contribution is 8.00. The Labute approximate surface area is 133 Å². The zero-order chi connectivity index (χ0) is 15.7. The first-order chi connectivity index (χ1) is 10.5. The number of nitrogen functional groups attached to an aromatic ring is 2. The third-order valence-electron chi connectivity index (χ3n) is 3.78. The highest BCUT2D eigenvalue weighted by Crippen LogP contribution is 2.27. The summed E-state index contributed by atoms with van der Waals surface area (Å²) in [7, 11) is 0. The maximum Gasteiger partial charge on any atom is 0.192 e. The fourth-order valence-electron chi connectivity index (χ4n) is 2.69. The number of aryl methyl sites for hydroxylation is 2. The van der Waals surface area contributed by atoms with E-state index in [-0.39, 0.29) is 11.0 Å². The van der Waals surface area contributed by atoms with Crippen LogP contribution >= 0.6 is 11.8 Å². The van der Waals surface area contributed by atoms with Crippen molar-refractivity contribution < 1.29 is 4.79 Å². The lowest BCUT2D eigenvalue weighted by Crippen LogP contribution is -2.15. The van der Waals surface area contributed by atoms with Crippen LogP contribution < -0.4 is 11.5 Å². The number of aromatic nitrogens is 2. The number of anilines is 2. The van der Waals surface area contributed by atoms with Crippen LogP contribution in [0.2, 0.25) is 0 Å². The van der Waals surface area contributed by atoms with E-state index in [2.05, 4.69) is 16.0 Å². The van der Waals surface area contributed by atoms with Crippen molar-refractivity contribution >= 4 is 29.2 Å². The number of rotatable bonds is 4. The number of fused-ring (bicyclic) bond motifs is 1. The van der Waals surface area contributed by atoms with Crippen molar-refractivity contribution in [2.24, 2.45) is 0 Å². The molecular formula is C16H18N4OS. The topological polar surface area (TPSA) is 94.9 Å². The highest BCUT2D eigenvalue weighted by Gasteiger charge is 2.20. The molecule has 0 saturated carbocycles. The molecule has 0 saturated heterocycles. The van der Waals surface area contributed by atoms with E-state index >= 15 is 0 Å². The number of hydrogen-bond donors (Lipinski definition) is 2. The van der Waals surface area contributed by atoms with Gasteiger partial charge in [0.05, 0.1) is 5.25 Å². The quantitative estimate of drug-likeness (QED) is 0.511. The zero-order valence-corrected chi connectivity index (χ0v) is 13.2. The molecule has 0 amide bonds. The number of hydrogen-bond acceptors (Lipinski definition) is 6. The number of carbonyl (C=O) groups is 1. The van der Waals surface area contributed by atoms with Gasteiger partial charge in [-0.15, -0.1) is 0 Å². The fourth-order valence-corrected chi connectivity index (χ4v) is 3.56. The highest BCUT2D eigenvalue weighted by atomic mass is 32.2. The average molecular weight is 314 g/mol. The lowest BCUT2D eigenvalue weighted by Gasteiger charge is -2.11. The van der Waals surface area contributed by atoms with E-state index in [9.17, 15) is 4.79 Å². The van der Waals surface area contributed by atoms with Gasteiger partial charge in [-0.05, 0) is 43.4 Å². The van der Waals surface area contributed by atoms with E-state index in [0.29, 0.717) is 16.8 Å². The van der Waals surface area contributed by atoms with Crippen LogP contribution in [0, 0.1) is 0 Å². The summed E-state index contributed by atoms with van der Waals surface area (Å²) >= 11 is 1.28. The van der Waals surface area contributed by atoms with Gasteiger partial charge in [-0.25, -0.2) is 9.97 Å². The molecule has 5 nitrogen and oxygen atoms in total. The van der Waals surface area contributed by atoms with Crippen molar-refractivity contribution in [3.8, 4) is 0 Å². The van der Waals surface area contributed by atoms with Crippen LogP contribution in [-0.2, 0) is 12.8 Å². The molecule has 3 rings (SSSR count). The van der Waals surface area contributed by atoms with Crippen LogP contribution in [0.5, 0.6) is 0 Å². The number of Topliss-reactive ketones (excluding diaryl/α,β-unsaturated/α-hetero) is 1. The third-order valence-corrected chi connectivity index (χ3v) is 4.74. The Hall–Kier alpha value is -2.08. The van der Waals surface area contributed by atoms with Crippen LogP contribution in [0.25, 0.3) is 0 Å². The van der Waals surface area contributed by atoms with Crippen LogP contribution in [0.3, 0.4) is 0 Å². The SMILES string of the molecule is C[C@H](Sc1nc(N)cc(N)n1)C(=O)c1ccc2c(c1)CCC2. The summed E-state index contributed by atoms with van der Waals surface area (Å²) in [5, 5.41) is 0.139. The minimum atomic E-state index is -0.291. The van der Waals surface area contributed by atoms with Crippen molar-refractivity contribution in [2.45, 2.75) is 36.6 Å². The summed E-state index contributed by atoms with van der Waals surface area (Å²) in [4.78, 5) is 20.8. The summed E-state index contributed by atoms with van der Waals surface area (Å²) in [6.45, 7) is 1.85. The van der Waals surface area contributed by atoms with Crippen LogP contribution in [0.1, 0.15) is 34.8 Å². The van der Waals surface area contributed by atoms with Crippen molar-refractivity contribution in [2.75, 3.05) is 11.5 Å². The summed E-state index contributed by atoms with van der Waals surface area (Å²) < 4.78 is 0. The molecular weight excluding hydrogens is 296 g/mol. The Morgan fingerprint density at radius 2 is 1.82 bits per heavy atom. The molecule has 1 aromatic heterocycles. The molecule has 0 fully saturated rings. The molecule has 0 spiro atoms. The molecule has 1 atom stereocenters. The minimum Gasteiger partial charge on any atom is -0.383 e. The average Bonchev–Trinajstić information content (AvgIpc) is 2.92. The Morgan fingerprint density at radius 1 is 1.14 bits per heavy atom. The number of thioether (sulfide) groups is 1. The maximum absolute atomic E-state index is 12.6. The summed E-state index contributed by atoms with van der Waals surface area (Å²) in [5.74, 6) is 0.698. The second kappa shape index (κ2) is 5.96. The smallest absolute Gasteiger partial charge is 0.192 e. The molecule has 0 radical (unpaired) electrons. The first kappa shape index (κ1) is 14.8. The summed E-state index contributed by atoms with van der Waals surface area (Å²) in [6, 6.07) is 7.51. The molecule has 4 N–H and O–H groups in total. The van der Waals surface area contributed by atoms with Gasteiger partial charge in [-0.1, -0.05) is 23.9 Å². The van der Waals surface area contributed by atoms with Crippen molar-refractivity contribution in [1.29, 1.82) is 0 Å². The number of ketones is 1. The van der Waals surface area contributed by atoms with Gasteiger partial charge in [0.1, 0.15) is 11.6 Å². The van der Waals surface area contributed by atoms with Gasteiger partial charge in [0.2, 0.25) is 0 Å². The number of benzene rings is 1. The van der Waals surface area contributed by atoms with Gasteiger partial charge in [0.25, 0.3) is 0 Å². The lowest BCUT2D eigenvalue weighted by atomic mass is 10.0. The molecule has 1 aromatic carbocycles. The van der Waals surface area contributed by atoms with E-state index < -0.39 is 0 Å². The van der Waals surface area contributed by atoms with Gasteiger partial charge < -0.3 is 11.5 Å². The number of nitrogens with two attached hydrogens (primary N) is 2. The standard InChI is InChI=1S/C16H18N4OS/c1-9(22-16-19-13(17)8-14(18)20-16)15(21)12-6-5-10-3-2-4-11(10)7-12/h5-9H,2-4H2,1H3,(H4,17,18,19,20)/t9-/m0/s1. The largest absolute Gasteiger partial charge is 0.383 e. The zero-order valence-electron chi connectivity index (χ0n) is 12.4. The molecule has 0 bridgehead atoms. The van der Waals surface area contributed by atoms with E-state index in [1.807, 2.05) is 19.1 Å². The normalized spacial score (nSPS) is 14.6. The van der Waals surface area contributed by atoms with Crippen LogP contribution in [0.15, 0.2) is 29.4 Å². The molecule has 2 aromatic rings. The summed E-state index contributed by atoms with van der Waals surface area (Å²) in [5.41, 5.74) is 14.7. The second-order valence-electron chi connectivity index (χ2n) is 5.46. The van der Waals surface area contributed by atoms with Gasteiger partial charge in [0.15, 0.2) is 10.9 Å². The monoisotopic (exact) mass is 314 g/mol. The molecule has 1 aliphatic carbocycles. The van der Waals surface area contributed by atoms with E-state index in [1.165, 1.54) is 35.4 Å². The van der Waals surface area contributed by atoms with Gasteiger partial charge in [-0.3, -0.25) is 4.79 Å². The molecule has 22 heavy (non-hydrogen) atoms.